The summed E-state index contributed by atoms with van der Waals surface area (Å²) in [5.74, 6) is -1.90. The number of nitrogens with zero attached hydrogens (tertiary/aromatic N) is 1. The quantitative estimate of drug-likeness (QED) is 0.415. The summed E-state index contributed by atoms with van der Waals surface area (Å²) < 4.78 is 5.00. The number of aliphatic carboxylic acids is 1. The lowest BCUT2D eigenvalue weighted by atomic mass is 10.1. The van der Waals surface area contributed by atoms with E-state index >= 15 is 0 Å². The van der Waals surface area contributed by atoms with Gasteiger partial charge in [0.05, 0.1) is 12.5 Å². The Labute approximate surface area is 178 Å². The van der Waals surface area contributed by atoms with E-state index in [2.05, 4.69) is 15.6 Å². The maximum Gasteiger partial charge on any atom is 0.407 e. The molecule has 0 unspecified atom stereocenters. The highest BCUT2D eigenvalue weighted by molar-refractivity contribution is 6.29. The molecule has 2 rings (SSSR count). The first-order chi connectivity index (χ1) is 14.3. The first-order valence-corrected chi connectivity index (χ1v) is 9.46. The van der Waals surface area contributed by atoms with Crippen molar-refractivity contribution in [3.63, 3.8) is 0 Å². The number of aliphatic hydroxyl groups is 1. The molecule has 0 spiro atoms. The molecule has 0 aliphatic heterocycles. The number of aromatic nitrogens is 1. The number of hydrogen-bond donors (Lipinski definition) is 4. The molecule has 1 heterocycles. The predicted molar refractivity (Wildman–Crippen MR) is 108 cm³/mol. The van der Waals surface area contributed by atoms with Gasteiger partial charge < -0.3 is 25.6 Å². The number of carbonyl (C=O) groups excluding carboxylic acids is 2. The van der Waals surface area contributed by atoms with E-state index in [9.17, 15) is 24.6 Å². The molecule has 2 amide bonds. The molecule has 4 N–H and O–H groups in total. The molecule has 10 heteroatoms. The van der Waals surface area contributed by atoms with Crippen LogP contribution in [0.2, 0.25) is 5.15 Å². The maximum absolute atomic E-state index is 12.1. The monoisotopic (exact) mass is 435 g/mol. The molecule has 0 aliphatic rings. The van der Waals surface area contributed by atoms with E-state index < -0.39 is 30.1 Å². The molecule has 0 saturated heterocycles. The second-order valence-corrected chi connectivity index (χ2v) is 6.84. The molecule has 0 fully saturated rings. The highest BCUT2D eigenvalue weighted by Crippen LogP contribution is 2.08. The van der Waals surface area contributed by atoms with Crippen LogP contribution in [-0.4, -0.2) is 51.9 Å². The Morgan fingerprint density at radius 1 is 1.10 bits per heavy atom. The van der Waals surface area contributed by atoms with Crippen molar-refractivity contribution in [3.05, 3.63) is 64.9 Å². The minimum absolute atomic E-state index is 0.00536. The van der Waals surface area contributed by atoms with Crippen molar-refractivity contribution in [1.82, 2.24) is 15.6 Å². The van der Waals surface area contributed by atoms with Crippen molar-refractivity contribution in [2.45, 2.75) is 31.6 Å². The molecule has 2 atom stereocenters. The van der Waals surface area contributed by atoms with Gasteiger partial charge in [-0.05, 0) is 17.2 Å². The Morgan fingerprint density at radius 2 is 1.83 bits per heavy atom. The molecule has 1 aromatic carbocycles. The van der Waals surface area contributed by atoms with Crippen LogP contribution in [0.1, 0.15) is 17.5 Å². The van der Waals surface area contributed by atoms with Crippen LogP contribution in [-0.2, 0) is 27.4 Å². The van der Waals surface area contributed by atoms with E-state index in [4.69, 9.17) is 16.3 Å². The van der Waals surface area contributed by atoms with E-state index in [0.717, 1.165) is 5.56 Å². The maximum atomic E-state index is 12.1. The second-order valence-electron chi connectivity index (χ2n) is 6.45. The number of pyridine rings is 1. The van der Waals surface area contributed by atoms with Gasteiger partial charge in [-0.3, -0.25) is 4.79 Å². The van der Waals surface area contributed by atoms with E-state index in [-0.39, 0.29) is 31.1 Å². The molecule has 30 heavy (non-hydrogen) atoms. The van der Waals surface area contributed by atoms with Crippen LogP contribution in [0.5, 0.6) is 0 Å². The SMILES string of the molecule is O=C(C[C@@H](O)CNC(=O)OCc1ccccc1)N[C@@H](Cc1ccc(Cl)nc1)C(=O)O. The smallest absolute Gasteiger partial charge is 0.407 e. The fourth-order valence-corrected chi connectivity index (χ4v) is 2.59. The summed E-state index contributed by atoms with van der Waals surface area (Å²) in [7, 11) is 0. The third-order valence-corrected chi connectivity index (χ3v) is 4.20. The molecule has 0 bridgehead atoms. The summed E-state index contributed by atoms with van der Waals surface area (Å²) in [6.07, 6.45) is -0.907. The number of nitrogens with one attached hydrogen (secondary N) is 2. The van der Waals surface area contributed by atoms with Crippen LogP contribution in [0.3, 0.4) is 0 Å². The van der Waals surface area contributed by atoms with Gasteiger partial charge in [0.1, 0.15) is 17.8 Å². The summed E-state index contributed by atoms with van der Waals surface area (Å²) in [6, 6.07) is 11.0. The van der Waals surface area contributed by atoms with Gasteiger partial charge in [-0.1, -0.05) is 48.0 Å². The number of halogens is 1. The van der Waals surface area contributed by atoms with Crippen molar-refractivity contribution in [3.8, 4) is 0 Å². The predicted octanol–water partition coefficient (Wildman–Crippen LogP) is 1.52. The third kappa shape index (κ3) is 8.46. The van der Waals surface area contributed by atoms with Gasteiger partial charge in [-0.15, -0.1) is 0 Å². The van der Waals surface area contributed by atoms with Crippen molar-refractivity contribution in [2.75, 3.05) is 6.54 Å². The number of aliphatic hydroxyl groups excluding tert-OH is 1. The number of carbonyl (C=O) groups is 3. The zero-order valence-electron chi connectivity index (χ0n) is 16.0. The van der Waals surface area contributed by atoms with Crippen molar-refractivity contribution in [1.29, 1.82) is 0 Å². The van der Waals surface area contributed by atoms with Gasteiger partial charge >= 0.3 is 12.1 Å². The molecule has 0 saturated carbocycles. The number of carboxylic acid groups (broad SMARTS) is 1. The van der Waals surface area contributed by atoms with Gasteiger partial charge in [-0.2, -0.15) is 0 Å². The van der Waals surface area contributed by atoms with Crippen molar-refractivity contribution < 1.29 is 29.3 Å². The van der Waals surface area contributed by atoms with Crippen LogP contribution < -0.4 is 10.6 Å². The molecule has 9 nitrogen and oxygen atoms in total. The molecule has 0 radical (unpaired) electrons. The van der Waals surface area contributed by atoms with E-state index in [1.165, 1.54) is 12.3 Å². The lowest BCUT2D eigenvalue weighted by molar-refractivity contribution is -0.142. The average Bonchev–Trinajstić information content (AvgIpc) is 2.72. The van der Waals surface area contributed by atoms with Gasteiger partial charge in [0.25, 0.3) is 0 Å². The summed E-state index contributed by atoms with van der Waals surface area (Å²) in [5.41, 5.74) is 1.39. The van der Waals surface area contributed by atoms with Gasteiger partial charge in [0.2, 0.25) is 5.91 Å². The highest BCUT2D eigenvalue weighted by Gasteiger charge is 2.22. The lowest BCUT2D eigenvalue weighted by Gasteiger charge is -2.16. The molecular formula is C20H22ClN3O6. The number of rotatable bonds is 10. The Hall–Kier alpha value is -3.17. The Kier molecular flexibility index (Phi) is 9.04. The van der Waals surface area contributed by atoms with Gasteiger partial charge in [-0.25, -0.2) is 14.6 Å². The number of carboxylic acids is 1. The van der Waals surface area contributed by atoms with Crippen LogP contribution in [0.15, 0.2) is 48.7 Å². The summed E-state index contributed by atoms with van der Waals surface area (Å²) in [4.78, 5) is 39.0. The van der Waals surface area contributed by atoms with E-state index in [1.54, 1.807) is 18.2 Å². The second kappa shape index (κ2) is 11.7. The summed E-state index contributed by atoms with van der Waals surface area (Å²) in [6.45, 7) is -0.150. The summed E-state index contributed by atoms with van der Waals surface area (Å²) >= 11 is 5.69. The fraction of sp³-hybridized carbons (Fsp3) is 0.300. The first-order valence-electron chi connectivity index (χ1n) is 9.08. The molecule has 0 aliphatic carbocycles. The number of benzene rings is 1. The highest BCUT2D eigenvalue weighted by atomic mass is 35.5. The third-order valence-electron chi connectivity index (χ3n) is 3.98. The Morgan fingerprint density at radius 3 is 2.47 bits per heavy atom. The number of ether oxygens (including phenoxy) is 1. The van der Waals surface area contributed by atoms with Crippen LogP contribution in [0, 0.1) is 0 Å². The fourth-order valence-electron chi connectivity index (χ4n) is 2.48. The topological polar surface area (TPSA) is 138 Å². The van der Waals surface area contributed by atoms with Crippen molar-refractivity contribution >= 4 is 29.6 Å². The van der Waals surface area contributed by atoms with Crippen LogP contribution in [0.4, 0.5) is 4.79 Å². The van der Waals surface area contributed by atoms with Gasteiger partial charge in [0, 0.05) is 19.2 Å². The average molecular weight is 436 g/mol. The minimum Gasteiger partial charge on any atom is -0.480 e. The standard InChI is InChI=1S/C20H22ClN3O6/c21-17-7-6-14(10-22-17)8-16(19(27)28)24-18(26)9-15(25)11-23-20(29)30-12-13-4-2-1-3-5-13/h1-7,10,15-16,25H,8-9,11-12H2,(H,23,29)(H,24,26)(H,27,28)/t15-,16+/m1/s1. The molecule has 1 aromatic heterocycles. The van der Waals surface area contributed by atoms with E-state index in [0.29, 0.717) is 5.56 Å². The minimum atomic E-state index is -1.23. The van der Waals surface area contributed by atoms with Crippen LogP contribution in [0.25, 0.3) is 0 Å². The first kappa shape index (κ1) is 23.1. The molecule has 2 aromatic rings. The normalized spacial score (nSPS) is 12.5. The molecular weight excluding hydrogens is 414 g/mol. The number of amides is 2. The van der Waals surface area contributed by atoms with E-state index in [1.807, 2.05) is 18.2 Å². The Bertz CT molecular complexity index is 847. The zero-order chi connectivity index (χ0) is 21.9. The molecule has 160 valence electrons. The van der Waals surface area contributed by atoms with Gasteiger partial charge in [0.15, 0.2) is 0 Å². The zero-order valence-corrected chi connectivity index (χ0v) is 16.7. The Balaban J connectivity index is 1.73. The largest absolute Gasteiger partial charge is 0.480 e. The summed E-state index contributed by atoms with van der Waals surface area (Å²) in [5, 5.41) is 24.2. The number of alkyl carbamates (subject to hydrolysis) is 1. The van der Waals surface area contributed by atoms with Crippen LogP contribution >= 0.6 is 11.6 Å². The van der Waals surface area contributed by atoms with Crippen molar-refractivity contribution in [2.24, 2.45) is 0 Å². The lowest BCUT2D eigenvalue weighted by Crippen LogP contribution is -2.44. The number of hydrogen-bond acceptors (Lipinski definition) is 6.